The topological polar surface area (TPSA) is 70.5 Å². The molecule has 0 aliphatic rings. The van der Waals surface area contributed by atoms with Gasteiger partial charge in [0.25, 0.3) is 5.91 Å². The number of rotatable bonds is 5. The third kappa shape index (κ3) is 4.05. The fraction of sp³-hybridized carbons (Fsp3) is 0.500. The first-order valence-corrected chi connectivity index (χ1v) is 6.29. The summed E-state index contributed by atoms with van der Waals surface area (Å²) in [4.78, 5) is 28.3. The molecule has 5 heteroatoms. The highest BCUT2D eigenvalue weighted by atomic mass is 16.4. The van der Waals surface area contributed by atoms with Crippen molar-refractivity contribution in [1.29, 1.82) is 0 Å². The van der Waals surface area contributed by atoms with E-state index in [4.69, 9.17) is 5.11 Å². The Morgan fingerprint density at radius 2 is 1.95 bits per heavy atom. The number of hydrogen-bond donors (Lipinski definition) is 1. The van der Waals surface area contributed by atoms with E-state index < -0.39 is 5.97 Å². The van der Waals surface area contributed by atoms with Crippen molar-refractivity contribution in [3.05, 3.63) is 29.6 Å². The number of carboxylic acids is 1. The molecule has 1 unspecified atom stereocenters. The number of carbonyl (C=O) groups excluding carboxylic acids is 1. The minimum atomic E-state index is -1.10. The fourth-order valence-electron chi connectivity index (χ4n) is 1.89. The van der Waals surface area contributed by atoms with Gasteiger partial charge in [-0.05, 0) is 31.4 Å². The van der Waals surface area contributed by atoms with E-state index >= 15 is 0 Å². The summed E-state index contributed by atoms with van der Waals surface area (Å²) in [5.74, 6) is -0.726. The molecule has 0 bridgehead atoms. The second-order valence-electron chi connectivity index (χ2n) is 5.13. The van der Waals surface area contributed by atoms with Crippen molar-refractivity contribution in [3.8, 4) is 0 Å². The van der Waals surface area contributed by atoms with Crippen molar-refractivity contribution in [1.82, 2.24) is 9.88 Å². The van der Waals surface area contributed by atoms with Crippen molar-refractivity contribution in [3.63, 3.8) is 0 Å². The van der Waals surface area contributed by atoms with Crippen LogP contribution in [-0.4, -0.2) is 40.0 Å². The molecule has 5 nitrogen and oxygen atoms in total. The second-order valence-corrected chi connectivity index (χ2v) is 5.13. The molecule has 0 aliphatic carbocycles. The van der Waals surface area contributed by atoms with Crippen molar-refractivity contribution in [2.45, 2.75) is 33.2 Å². The Balaban J connectivity index is 2.79. The maximum atomic E-state index is 12.2. The lowest BCUT2D eigenvalue weighted by Crippen LogP contribution is -2.36. The van der Waals surface area contributed by atoms with E-state index in [0.717, 1.165) is 6.42 Å². The Kier molecular flexibility index (Phi) is 5.03. The molecule has 0 saturated carbocycles. The number of aromatic carboxylic acids is 1. The predicted molar refractivity (Wildman–Crippen MR) is 72.2 cm³/mol. The SMILES string of the molecule is CC(C)CC(C)N(C)C(=O)c1ccc(C(=O)O)nc1. The molecule has 19 heavy (non-hydrogen) atoms. The van der Waals surface area contributed by atoms with E-state index in [1.165, 1.54) is 18.3 Å². The molecular weight excluding hydrogens is 244 g/mol. The van der Waals surface area contributed by atoms with Crippen molar-refractivity contribution in [2.75, 3.05) is 7.05 Å². The van der Waals surface area contributed by atoms with Gasteiger partial charge in [0.15, 0.2) is 0 Å². The first-order chi connectivity index (χ1) is 8.82. The summed E-state index contributed by atoms with van der Waals surface area (Å²) >= 11 is 0. The van der Waals surface area contributed by atoms with Crippen LogP contribution in [0.3, 0.4) is 0 Å². The number of carbonyl (C=O) groups is 2. The molecule has 0 saturated heterocycles. The monoisotopic (exact) mass is 264 g/mol. The van der Waals surface area contributed by atoms with Gasteiger partial charge in [-0.2, -0.15) is 0 Å². The van der Waals surface area contributed by atoms with Gasteiger partial charge < -0.3 is 10.0 Å². The molecule has 0 aromatic carbocycles. The summed E-state index contributed by atoms with van der Waals surface area (Å²) < 4.78 is 0. The van der Waals surface area contributed by atoms with Crippen LogP contribution in [0.1, 0.15) is 48.0 Å². The van der Waals surface area contributed by atoms with E-state index in [1.807, 2.05) is 6.92 Å². The normalized spacial score (nSPS) is 12.3. The smallest absolute Gasteiger partial charge is 0.354 e. The summed E-state index contributed by atoms with van der Waals surface area (Å²) in [7, 11) is 1.75. The number of hydrogen-bond acceptors (Lipinski definition) is 3. The molecule has 1 heterocycles. The number of amides is 1. The lowest BCUT2D eigenvalue weighted by atomic mass is 10.0. The largest absolute Gasteiger partial charge is 0.477 e. The van der Waals surface area contributed by atoms with Crippen LogP contribution in [-0.2, 0) is 0 Å². The van der Waals surface area contributed by atoms with Crippen LogP contribution in [0.2, 0.25) is 0 Å². The zero-order valence-corrected chi connectivity index (χ0v) is 11.8. The highest BCUT2D eigenvalue weighted by Crippen LogP contribution is 2.13. The zero-order valence-electron chi connectivity index (χ0n) is 11.8. The standard InChI is InChI=1S/C14H20N2O3/c1-9(2)7-10(3)16(4)13(17)11-5-6-12(14(18)19)15-8-11/h5-6,8-10H,7H2,1-4H3,(H,18,19). The van der Waals surface area contributed by atoms with E-state index in [1.54, 1.807) is 11.9 Å². The van der Waals surface area contributed by atoms with Crippen molar-refractivity contribution < 1.29 is 14.7 Å². The van der Waals surface area contributed by atoms with Gasteiger partial charge in [0.05, 0.1) is 5.56 Å². The summed E-state index contributed by atoms with van der Waals surface area (Å²) in [5.41, 5.74) is 0.345. The van der Waals surface area contributed by atoms with Crippen LogP contribution >= 0.6 is 0 Å². The van der Waals surface area contributed by atoms with Gasteiger partial charge >= 0.3 is 5.97 Å². The van der Waals surface area contributed by atoms with Crippen LogP contribution in [0.5, 0.6) is 0 Å². The molecule has 0 radical (unpaired) electrons. The van der Waals surface area contributed by atoms with Crippen molar-refractivity contribution >= 4 is 11.9 Å². The number of carboxylic acid groups (broad SMARTS) is 1. The Morgan fingerprint density at radius 1 is 1.32 bits per heavy atom. The zero-order chi connectivity index (χ0) is 14.6. The van der Waals surface area contributed by atoms with Gasteiger partial charge in [-0.3, -0.25) is 4.79 Å². The highest BCUT2D eigenvalue weighted by molar-refractivity contribution is 5.94. The van der Waals surface area contributed by atoms with E-state index in [9.17, 15) is 9.59 Å². The number of aromatic nitrogens is 1. The summed E-state index contributed by atoms with van der Waals surface area (Å²) in [6.07, 6.45) is 2.23. The Labute approximate surface area is 113 Å². The first kappa shape index (κ1) is 15.1. The maximum Gasteiger partial charge on any atom is 0.354 e. The summed E-state index contributed by atoms with van der Waals surface area (Å²) in [5, 5.41) is 8.75. The molecule has 0 spiro atoms. The van der Waals surface area contributed by atoms with Crippen molar-refractivity contribution in [2.24, 2.45) is 5.92 Å². The van der Waals surface area contributed by atoms with Gasteiger partial charge in [-0.15, -0.1) is 0 Å². The lowest BCUT2D eigenvalue weighted by Gasteiger charge is -2.26. The van der Waals surface area contributed by atoms with Gasteiger partial charge in [-0.1, -0.05) is 13.8 Å². The number of nitrogens with zero attached hydrogens (tertiary/aromatic N) is 2. The van der Waals surface area contributed by atoms with E-state index in [0.29, 0.717) is 11.5 Å². The molecule has 1 amide bonds. The molecule has 0 aliphatic heterocycles. The third-order valence-electron chi connectivity index (χ3n) is 3.02. The van der Waals surface area contributed by atoms with Crippen LogP contribution in [0.15, 0.2) is 18.3 Å². The van der Waals surface area contributed by atoms with E-state index in [-0.39, 0.29) is 17.6 Å². The lowest BCUT2D eigenvalue weighted by molar-refractivity contribution is 0.0684. The molecule has 1 rings (SSSR count). The van der Waals surface area contributed by atoms with Gasteiger partial charge in [-0.25, -0.2) is 9.78 Å². The quantitative estimate of drug-likeness (QED) is 0.885. The predicted octanol–water partition coefficient (Wildman–Crippen LogP) is 2.29. The molecular formula is C14H20N2O3. The number of pyridine rings is 1. The van der Waals surface area contributed by atoms with Crippen LogP contribution in [0, 0.1) is 5.92 Å². The van der Waals surface area contributed by atoms with Gasteiger partial charge in [0.2, 0.25) is 0 Å². The highest BCUT2D eigenvalue weighted by Gasteiger charge is 2.19. The molecule has 1 N–H and O–H groups in total. The fourth-order valence-corrected chi connectivity index (χ4v) is 1.89. The minimum absolute atomic E-state index is 0.0607. The molecule has 1 aromatic heterocycles. The molecule has 1 atom stereocenters. The Bertz CT molecular complexity index is 454. The maximum absolute atomic E-state index is 12.2. The van der Waals surface area contributed by atoms with Crippen LogP contribution < -0.4 is 0 Å². The average molecular weight is 264 g/mol. The first-order valence-electron chi connectivity index (χ1n) is 6.29. The Morgan fingerprint density at radius 3 is 2.37 bits per heavy atom. The van der Waals surface area contributed by atoms with Crippen LogP contribution in [0.25, 0.3) is 0 Å². The minimum Gasteiger partial charge on any atom is -0.477 e. The molecule has 104 valence electrons. The summed E-state index contributed by atoms with van der Waals surface area (Å²) in [6, 6.07) is 2.97. The Hall–Kier alpha value is -1.91. The average Bonchev–Trinajstić information content (AvgIpc) is 2.36. The molecule has 1 aromatic rings. The van der Waals surface area contributed by atoms with Gasteiger partial charge in [0, 0.05) is 19.3 Å². The van der Waals surface area contributed by atoms with Gasteiger partial charge in [0.1, 0.15) is 5.69 Å². The summed E-state index contributed by atoms with van der Waals surface area (Å²) in [6.45, 7) is 6.22. The molecule has 0 fully saturated rings. The second kappa shape index (κ2) is 6.31. The van der Waals surface area contributed by atoms with Crippen LogP contribution in [0.4, 0.5) is 0 Å². The third-order valence-corrected chi connectivity index (χ3v) is 3.02. The van der Waals surface area contributed by atoms with E-state index in [2.05, 4.69) is 18.8 Å².